The third-order valence-electron chi connectivity index (χ3n) is 12.0. The van der Waals surface area contributed by atoms with E-state index in [4.69, 9.17) is 9.47 Å². The molecule has 2 N–H and O–H groups in total. The highest BCUT2D eigenvalue weighted by Crippen LogP contribution is 2.45. The number of esters is 1. The maximum absolute atomic E-state index is 13.0. The number of carbonyl (C=O) groups is 2. The van der Waals surface area contributed by atoms with E-state index in [2.05, 4.69) is 46.9 Å². The van der Waals surface area contributed by atoms with Crippen molar-refractivity contribution >= 4 is 11.9 Å². The van der Waals surface area contributed by atoms with Crippen LogP contribution in [0.2, 0.25) is 0 Å². The third-order valence-corrected chi connectivity index (χ3v) is 12.0. The van der Waals surface area contributed by atoms with E-state index in [9.17, 15) is 14.8 Å². The number of rotatable bonds is 18. The molecule has 1 unspecified atom stereocenters. The van der Waals surface area contributed by atoms with E-state index in [1.807, 2.05) is 41.5 Å². The molecule has 0 aromatic heterocycles. The van der Waals surface area contributed by atoms with Crippen molar-refractivity contribution in [1.29, 1.82) is 0 Å². The van der Waals surface area contributed by atoms with Gasteiger partial charge in [0, 0.05) is 29.6 Å². The Bertz CT molecular complexity index is 1270. The molecule has 1 saturated heterocycles. The molecule has 1 aromatic rings. The van der Waals surface area contributed by atoms with Crippen LogP contribution in [0, 0.1) is 44.4 Å². The molecular formula is C42H72N2O5. The molecule has 1 aromatic carbocycles. The zero-order valence-corrected chi connectivity index (χ0v) is 33.4. The van der Waals surface area contributed by atoms with Crippen LogP contribution in [0.3, 0.4) is 0 Å². The van der Waals surface area contributed by atoms with Gasteiger partial charge in [0.1, 0.15) is 17.1 Å². The van der Waals surface area contributed by atoms with E-state index >= 15 is 0 Å². The molecule has 2 heterocycles. The minimum Gasteiger partial charge on any atom is -0.487 e. The van der Waals surface area contributed by atoms with Crippen LogP contribution in [0.15, 0.2) is 0 Å². The highest BCUT2D eigenvalue weighted by molar-refractivity contribution is 5.82. The second kappa shape index (κ2) is 17.4. The first-order valence-corrected chi connectivity index (χ1v) is 19.6. The van der Waals surface area contributed by atoms with Gasteiger partial charge in [0.2, 0.25) is 5.91 Å². The summed E-state index contributed by atoms with van der Waals surface area (Å²) >= 11 is 0. The van der Waals surface area contributed by atoms with Crippen molar-refractivity contribution in [2.75, 3.05) is 6.54 Å². The Balaban J connectivity index is 1.46. The fourth-order valence-corrected chi connectivity index (χ4v) is 8.33. The summed E-state index contributed by atoms with van der Waals surface area (Å²) in [5.41, 5.74) is 3.07. The van der Waals surface area contributed by atoms with Crippen LogP contribution in [0.25, 0.3) is 0 Å². The van der Waals surface area contributed by atoms with Gasteiger partial charge in [0.25, 0.3) is 0 Å². The average molecular weight is 685 g/mol. The summed E-state index contributed by atoms with van der Waals surface area (Å²) in [5.74, 6) is 3.49. The van der Waals surface area contributed by atoms with E-state index in [1.165, 1.54) is 56.4 Å². The van der Waals surface area contributed by atoms with E-state index in [-0.39, 0.29) is 35.8 Å². The van der Waals surface area contributed by atoms with Crippen LogP contribution in [0.4, 0.5) is 0 Å². The SMILES string of the molecule is Cc1c(C)c2c(c(C)c1OC(=O)CCC(=O)NCC1CC(C)(C)N(O)C1(C)C)CC[C@@](C)(CCC[C@H](C)CCC[C@H](C)CCCC(C)C)O2. The minimum absolute atomic E-state index is 0.0108. The van der Waals surface area contributed by atoms with Gasteiger partial charge in [-0.2, -0.15) is 5.06 Å². The lowest BCUT2D eigenvalue weighted by atomic mass is 9.83. The molecule has 0 spiro atoms. The zero-order valence-electron chi connectivity index (χ0n) is 33.4. The van der Waals surface area contributed by atoms with Crippen molar-refractivity contribution in [3.63, 3.8) is 0 Å². The maximum atomic E-state index is 13.0. The van der Waals surface area contributed by atoms with Gasteiger partial charge in [-0.3, -0.25) is 9.59 Å². The number of carbonyl (C=O) groups excluding carboxylic acids is 2. The quantitative estimate of drug-likeness (QED) is 0.118. The molecule has 1 amide bonds. The monoisotopic (exact) mass is 685 g/mol. The van der Waals surface area contributed by atoms with E-state index in [1.54, 1.807) is 0 Å². The van der Waals surface area contributed by atoms with Crippen molar-refractivity contribution in [2.45, 2.75) is 190 Å². The molecule has 280 valence electrons. The summed E-state index contributed by atoms with van der Waals surface area (Å²) in [4.78, 5) is 25.6. The molecule has 0 radical (unpaired) electrons. The van der Waals surface area contributed by atoms with Gasteiger partial charge in [0.05, 0.1) is 6.42 Å². The largest absolute Gasteiger partial charge is 0.487 e. The number of amides is 1. The molecule has 2 aliphatic rings. The van der Waals surface area contributed by atoms with Crippen LogP contribution in [-0.2, 0) is 16.0 Å². The van der Waals surface area contributed by atoms with Crippen molar-refractivity contribution in [3.05, 3.63) is 22.3 Å². The van der Waals surface area contributed by atoms with Crippen LogP contribution in [-0.4, -0.2) is 45.4 Å². The predicted molar refractivity (Wildman–Crippen MR) is 200 cm³/mol. The number of fused-ring (bicyclic) bond motifs is 1. The molecule has 2 aliphatic heterocycles. The summed E-state index contributed by atoms with van der Waals surface area (Å²) in [7, 11) is 0. The normalized spacial score (nSPS) is 22.8. The standard InChI is InChI=1S/C42H72N2O5/c1-28(2)16-13-17-29(3)18-14-19-30(4)20-15-24-42(12)25-23-35-33(7)38(31(5)32(6)39(35)49-42)48-37(46)22-21-36(45)43-27-34-26-40(8,9)44(47)41(34,10)11/h28-30,34,47H,13-27H2,1-12H3,(H,43,45)/t29-,30-,34?,42-/m1/s1. The van der Waals surface area contributed by atoms with Crippen molar-refractivity contribution < 1.29 is 24.3 Å². The maximum Gasteiger partial charge on any atom is 0.311 e. The molecule has 1 fully saturated rings. The summed E-state index contributed by atoms with van der Waals surface area (Å²) < 4.78 is 12.7. The van der Waals surface area contributed by atoms with Crippen LogP contribution in [0.5, 0.6) is 11.5 Å². The van der Waals surface area contributed by atoms with Crippen LogP contribution in [0.1, 0.15) is 168 Å². The summed E-state index contributed by atoms with van der Waals surface area (Å²) in [6.07, 6.45) is 14.3. The van der Waals surface area contributed by atoms with Crippen molar-refractivity contribution in [2.24, 2.45) is 23.7 Å². The minimum atomic E-state index is -0.445. The molecular weight excluding hydrogens is 612 g/mol. The number of ether oxygens (including phenoxy) is 2. The fourth-order valence-electron chi connectivity index (χ4n) is 8.33. The molecule has 0 bridgehead atoms. The number of nitrogens with one attached hydrogen (secondary N) is 1. The van der Waals surface area contributed by atoms with E-state index in [0.717, 1.165) is 71.4 Å². The molecule has 7 nitrogen and oxygen atoms in total. The van der Waals surface area contributed by atoms with Crippen molar-refractivity contribution in [1.82, 2.24) is 10.4 Å². The highest BCUT2D eigenvalue weighted by Gasteiger charge is 2.51. The first-order valence-electron chi connectivity index (χ1n) is 19.6. The lowest BCUT2D eigenvalue weighted by molar-refractivity contribution is -0.196. The Labute approximate surface area is 299 Å². The molecule has 3 rings (SSSR count). The van der Waals surface area contributed by atoms with Gasteiger partial charge in [-0.15, -0.1) is 0 Å². The first kappa shape index (κ1) is 41.3. The number of nitrogens with zero attached hydrogens (tertiary/aromatic N) is 1. The average Bonchev–Trinajstić information content (AvgIpc) is 3.17. The van der Waals surface area contributed by atoms with Gasteiger partial charge in [0.15, 0.2) is 0 Å². The van der Waals surface area contributed by atoms with Gasteiger partial charge in [-0.25, -0.2) is 0 Å². The molecule has 4 atom stereocenters. The summed E-state index contributed by atoms with van der Waals surface area (Å²) in [5, 5.41) is 15.0. The molecule has 49 heavy (non-hydrogen) atoms. The predicted octanol–water partition coefficient (Wildman–Crippen LogP) is 10.2. The van der Waals surface area contributed by atoms with Gasteiger partial charge >= 0.3 is 5.97 Å². The van der Waals surface area contributed by atoms with E-state index < -0.39 is 11.5 Å². The Morgan fingerprint density at radius 2 is 1.47 bits per heavy atom. The number of benzene rings is 1. The first-order chi connectivity index (χ1) is 22.8. The fraction of sp³-hybridized carbons (Fsp3) is 0.810. The summed E-state index contributed by atoms with van der Waals surface area (Å²) in [6.45, 7) is 26.3. The van der Waals surface area contributed by atoms with Gasteiger partial charge in [-0.1, -0.05) is 72.6 Å². The number of hydrogen-bond donors (Lipinski definition) is 2. The van der Waals surface area contributed by atoms with Gasteiger partial charge in [-0.05, 0) is 128 Å². The molecule has 7 heteroatoms. The molecule has 0 aliphatic carbocycles. The lowest BCUT2D eigenvalue weighted by Gasteiger charge is -2.38. The van der Waals surface area contributed by atoms with E-state index in [0.29, 0.717) is 12.3 Å². The van der Waals surface area contributed by atoms with Crippen LogP contribution < -0.4 is 14.8 Å². The smallest absolute Gasteiger partial charge is 0.311 e. The summed E-state index contributed by atoms with van der Waals surface area (Å²) in [6, 6.07) is 0. The zero-order chi connectivity index (χ0) is 36.7. The van der Waals surface area contributed by atoms with Crippen LogP contribution >= 0.6 is 0 Å². The third kappa shape index (κ3) is 11.2. The highest BCUT2D eigenvalue weighted by atomic mass is 16.5. The Hall–Kier alpha value is -2.12. The Morgan fingerprint density at radius 3 is 2.04 bits per heavy atom. The second-order valence-corrected chi connectivity index (χ2v) is 17.9. The Kier molecular flexibility index (Phi) is 14.7. The molecule has 0 saturated carbocycles. The number of hydroxylamine groups is 2. The Morgan fingerprint density at radius 1 is 0.878 bits per heavy atom. The van der Waals surface area contributed by atoms with Crippen molar-refractivity contribution in [3.8, 4) is 11.5 Å². The second-order valence-electron chi connectivity index (χ2n) is 17.9. The van der Waals surface area contributed by atoms with Gasteiger partial charge < -0.3 is 20.0 Å². The lowest BCUT2D eigenvalue weighted by Crippen LogP contribution is -2.48. The topological polar surface area (TPSA) is 88.1 Å². The number of hydrogen-bond acceptors (Lipinski definition) is 6.